The molecule has 2 rings (SSSR count). The van der Waals surface area contributed by atoms with Crippen LogP contribution in [0.15, 0.2) is 18.2 Å². The first kappa shape index (κ1) is 13.1. The van der Waals surface area contributed by atoms with Crippen LogP contribution in [0.2, 0.25) is 0 Å². The number of ether oxygens (including phenoxy) is 1. The molecule has 1 aromatic rings. The Hall–Kier alpha value is -1.36. The smallest absolute Gasteiger partial charge is 0.255 e. The van der Waals surface area contributed by atoms with Crippen LogP contribution in [-0.2, 0) is 0 Å². The summed E-state index contributed by atoms with van der Waals surface area (Å²) in [4.78, 5) is 12.0. The number of phenolic OH excluding ortho intramolecular Hbond substituents is 1. The Morgan fingerprint density at radius 1 is 1.56 bits per heavy atom. The van der Waals surface area contributed by atoms with E-state index in [1.807, 2.05) is 11.8 Å². The number of rotatable bonds is 3. The minimum atomic E-state index is -0.220. The standard InChI is InChI=1S/C13H17NO3S/c1-17-10-4-5-11(12(15)7-10)13(16)14-9-3-2-6-18-8-9/h4-5,7,9,15H,2-3,6,8H2,1H3,(H,14,16). The largest absolute Gasteiger partial charge is 0.507 e. The molecule has 5 heteroatoms. The average Bonchev–Trinajstić information content (AvgIpc) is 2.39. The van der Waals surface area contributed by atoms with Crippen LogP contribution in [0.1, 0.15) is 23.2 Å². The third kappa shape index (κ3) is 3.10. The van der Waals surface area contributed by atoms with Crippen LogP contribution >= 0.6 is 11.8 Å². The molecule has 0 aliphatic carbocycles. The van der Waals surface area contributed by atoms with Crippen molar-refractivity contribution < 1.29 is 14.6 Å². The van der Waals surface area contributed by atoms with Crippen molar-refractivity contribution in [3.63, 3.8) is 0 Å². The zero-order valence-corrected chi connectivity index (χ0v) is 11.1. The fourth-order valence-corrected chi connectivity index (χ4v) is 3.02. The van der Waals surface area contributed by atoms with Crippen LogP contribution in [-0.4, -0.2) is 35.7 Å². The lowest BCUT2D eigenvalue weighted by atomic mass is 10.1. The lowest BCUT2D eigenvalue weighted by Crippen LogP contribution is -2.38. The maximum absolute atomic E-state index is 12.0. The highest BCUT2D eigenvalue weighted by atomic mass is 32.2. The van der Waals surface area contributed by atoms with Crippen molar-refractivity contribution in [1.29, 1.82) is 0 Å². The van der Waals surface area contributed by atoms with Gasteiger partial charge < -0.3 is 15.2 Å². The molecule has 1 atom stereocenters. The second-order valence-corrected chi connectivity index (χ2v) is 5.42. The van der Waals surface area contributed by atoms with Crippen molar-refractivity contribution in [3.8, 4) is 11.5 Å². The van der Waals surface area contributed by atoms with E-state index in [2.05, 4.69) is 5.32 Å². The normalized spacial score (nSPS) is 19.3. The quantitative estimate of drug-likeness (QED) is 0.879. The number of methoxy groups -OCH3 is 1. The molecule has 18 heavy (non-hydrogen) atoms. The number of hydrogen-bond donors (Lipinski definition) is 2. The Labute approximate surface area is 111 Å². The van der Waals surface area contributed by atoms with E-state index in [9.17, 15) is 9.90 Å². The number of carbonyl (C=O) groups excluding carboxylic acids is 1. The monoisotopic (exact) mass is 267 g/mol. The highest BCUT2D eigenvalue weighted by molar-refractivity contribution is 7.99. The molecule has 1 aliphatic heterocycles. The Balaban J connectivity index is 2.03. The third-order valence-corrected chi connectivity index (χ3v) is 4.16. The second-order valence-electron chi connectivity index (χ2n) is 4.27. The minimum Gasteiger partial charge on any atom is -0.507 e. The van der Waals surface area contributed by atoms with Crippen LogP contribution < -0.4 is 10.1 Å². The van der Waals surface area contributed by atoms with Crippen LogP contribution in [0.25, 0.3) is 0 Å². The lowest BCUT2D eigenvalue weighted by molar-refractivity contribution is 0.0936. The van der Waals surface area contributed by atoms with Gasteiger partial charge in [0.05, 0.1) is 12.7 Å². The molecule has 1 aliphatic rings. The second kappa shape index (κ2) is 6.00. The van der Waals surface area contributed by atoms with Gasteiger partial charge in [-0.15, -0.1) is 0 Å². The molecular formula is C13H17NO3S. The third-order valence-electron chi connectivity index (χ3n) is 2.95. The number of benzene rings is 1. The summed E-state index contributed by atoms with van der Waals surface area (Å²) in [6, 6.07) is 4.91. The SMILES string of the molecule is COc1ccc(C(=O)NC2CCCSC2)c(O)c1. The number of nitrogens with one attached hydrogen (secondary N) is 1. The van der Waals surface area contributed by atoms with Crippen LogP contribution in [0, 0.1) is 0 Å². The van der Waals surface area contributed by atoms with Gasteiger partial charge in [0.1, 0.15) is 11.5 Å². The van der Waals surface area contributed by atoms with Crippen molar-refractivity contribution in [2.45, 2.75) is 18.9 Å². The first-order valence-electron chi connectivity index (χ1n) is 5.96. The molecule has 1 amide bonds. The van der Waals surface area contributed by atoms with Gasteiger partial charge in [0.25, 0.3) is 5.91 Å². The summed E-state index contributed by atoms with van der Waals surface area (Å²) in [5.41, 5.74) is 0.298. The topological polar surface area (TPSA) is 58.6 Å². The predicted octanol–water partition coefficient (Wildman–Crippen LogP) is 2.03. The number of phenols is 1. The average molecular weight is 267 g/mol. The molecule has 1 fully saturated rings. The molecule has 0 radical (unpaired) electrons. The summed E-state index contributed by atoms with van der Waals surface area (Å²) in [5, 5.41) is 12.7. The van der Waals surface area contributed by atoms with Gasteiger partial charge in [-0.05, 0) is 30.7 Å². The molecule has 4 nitrogen and oxygen atoms in total. The van der Waals surface area contributed by atoms with Crippen LogP contribution in [0.5, 0.6) is 11.5 Å². The predicted molar refractivity (Wildman–Crippen MR) is 72.5 cm³/mol. The van der Waals surface area contributed by atoms with Gasteiger partial charge in [0.15, 0.2) is 0 Å². The molecule has 1 saturated heterocycles. The van der Waals surface area contributed by atoms with Gasteiger partial charge in [-0.3, -0.25) is 4.79 Å². The Morgan fingerprint density at radius 3 is 3.00 bits per heavy atom. The highest BCUT2D eigenvalue weighted by Gasteiger charge is 2.19. The van der Waals surface area contributed by atoms with Gasteiger partial charge >= 0.3 is 0 Å². The lowest BCUT2D eigenvalue weighted by Gasteiger charge is -2.22. The Morgan fingerprint density at radius 2 is 2.39 bits per heavy atom. The fourth-order valence-electron chi connectivity index (χ4n) is 1.95. The van der Waals surface area contributed by atoms with E-state index in [-0.39, 0.29) is 17.7 Å². The zero-order chi connectivity index (χ0) is 13.0. The molecule has 2 N–H and O–H groups in total. The van der Waals surface area contributed by atoms with Crippen molar-refractivity contribution >= 4 is 17.7 Å². The van der Waals surface area contributed by atoms with E-state index >= 15 is 0 Å². The van der Waals surface area contributed by atoms with Crippen molar-refractivity contribution in [1.82, 2.24) is 5.32 Å². The summed E-state index contributed by atoms with van der Waals surface area (Å²) in [6.45, 7) is 0. The Kier molecular flexibility index (Phi) is 4.36. The minimum absolute atomic E-state index is 0.0460. The molecule has 1 heterocycles. The number of carbonyl (C=O) groups is 1. The van der Waals surface area contributed by atoms with E-state index in [0.717, 1.165) is 18.6 Å². The molecule has 1 unspecified atom stereocenters. The summed E-state index contributed by atoms with van der Waals surface area (Å²) in [5.74, 6) is 2.39. The van der Waals surface area contributed by atoms with E-state index in [4.69, 9.17) is 4.74 Å². The summed E-state index contributed by atoms with van der Waals surface area (Å²) in [6.07, 6.45) is 2.14. The van der Waals surface area contributed by atoms with Crippen LogP contribution in [0.4, 0.5) is 0 Å². The Bertz CT molecular complexity index is 430. The molecule has 1 aromatic carbocycles. The van der Waals surface area contributed by atoms with Crippen molar-refractivity contribution in [3.05, 3.63) is 23.8 Å². The molecular weight excluding hydrogens is 250 g/mol. The van der Waals surface area contributed by atoms with Crippen molar-refractivity contribution in [2.24, 2.45) is 0 Å². The molecule has 0 spiro atoms. The summed E-state index contributed by atoms with van der Waals surface area (Å²) < 4.78 is 4.98. The highest BCUT2D eigenvalue weighted by Crippen LogP contribution is 2.24. The number of amides is 1. The van der Waals surface area contributed by atoms with Gasteiger partial charge in [-0.2, -0.15) is 11.8 Å². The number of hydrogen-bond acceptors (Lipinski definition) is 4. The van der Waals surface area contributed by atoms with Gasteiger partial charge in [0, 0.05) is 17.9 Å². The van der Waals surface area contributed by atoms with E-state index in [1.165, 1.54) is 18.9 Å². The van der Waals surface area contributed by atoms with E-state index in [0.29, 0.717) is 11.3 Å². The summed E-state index contributed by atoms with van der Waals surface area (Å²) in [7, 11) is 1.52. The van der Waals surface area contributed by atoms with Gasteiger partial charge in [-0.25, -0.2) is 0 Å². The van der Waals surface area contributed by atoms with E-state index in [1.54, 1.807) is 12.1 Å². The van der Waals surface area contributed by atoms with E-state index < -0.39 is 0 Å². The summed E-state index contributed by atoms with van der Waals surface area (Å²) >= 11 is 1.85. The molecule has 0 aromatic heterocycles. The van der Waals surface area contributed by atoms with Gasteiger partial charge in [0.2, 0.25) is 0 Å². The zero-order valence-electron chi connectivity index (χ0n) is 10.3. The molecule has 98 valence electrons. The first-order chi connectivity index (χ1) is 8.70. The maximum atomic E-state index is 12.0. The first-order valence-corrected chi connectivity index (χ1v) is 7.12. The van der Waals surface area contributed by atoms with Gasteiger partial charge in [-0.1, -0.05) is 0 Å². The number of thioether (sulfide) groups is 1. The fraction of sp³-hybridized carbons (Fsp3) is 0.462. The van der Waals surface area contributed by atoms with Crippen LogP contribution in [0.3, 0.4) is 0 Å². The van der Waals surface area contributed by atoms with Crippen molar-refractivity contribution in [2.75, 3.05) is 18.6 Å². The number of aromatic hydroxyl groups is 1. The molecule has 0 saturated carbocycles. The molecule has 0 bridgehead atoms. The maximum Gasteiger partial charge on any atom is 0.255 e.